The van der Waals surface area contributed by atoms with Gasteiger partial charge in [-0.05, 0) is 12.1 Å². The third-order valence-electron chi connectivity index (χ3n) is 2.30. The van der Waals surface area contributed by atoms with Crippen LogP contribution >= 0.6 is 0 Å². The lowest BCUT2D eigenvalue weighted by molar-refractivity contribution is 0.276. The summed E-state index contributed by atoms with van der Waals surface area (Å²) in [6, 6.07) is 5.39. The Kier molecular flexibility index (Phi) is 2.47. The van der Waals surface area contributed by atoms with E-state index in [1.54, 1.807) is 25.3 Å². The predicted molar refractivity (Wildman–Crippen MR) is 56.2 cm³/mol. The number of aromatic amines is 1. The second-order valence-electron chi connectivity index (χ2n) is 3.16. The van der Waals surface area contributed by atoms with Crippen LogP contribution in [0, 0.1) is 0 Å². The highest BCUT2D eigenvalue weighted by Crippen LogP contribution is 2.22. The van der Waals surface area contributed by atoms with Gasteiger partial charge in [0.2, 0.25) is 0 Å². The number of hydrogen-bond donors (Lipinski definition) is 2. The van der Waals surface area contributed by atoms with Crippen molar-refractivity contribution in [2.24, 2.45) is 0 Å². The van der Waals surface area contributed by atoms with Gasteiger partial charge in [-0.3, -0.25) is 4.57 Å². The van der Waals surface area contributed by atoms with Crippen LogP contribution in [0.1, 0.15) is 0 Å². The number of nitrogens with one attached hydrogen (secondary N) is 1. The smallest absolute Gasteiger partial charge is 0.326 e. The van der Waals surface area contributed by atoms with E-state index in [0.29, 0.717) is 16.8 Å². The van der Waals surface area contributed by atoms with Crippen LogP contribution < -0.4 is 10.4 Å². The van der Waals surface area contributed by atoms with Gasteiger partial charge in [-0.2, -0.15) is 0 Å². The van der Waals surface area contributed by atoms with E-state index in [9.17, 15) is 4.79 Å². The summed E-state index contributed by atoms with van der Waals surface area (Å²) in [6.45, 7) is 0.185. The fraction of sp³-hybridized carbons (Fsp3) is 0.300. The number of imidazole rings is 1. The fourth-order valence-corrected chi connectivity index (χ4v) is 1.66. The Morgan fingerprint density at radius 3 is 3.00 bits per heavy atom. The zero-order chi connectivity index (χ0) is 10.8. The van der Waals surface area contributed by atoms with E-state index in [2.05, 4.69) is 4.98 Å². The molecule has 2 aromatic rings. The van der Waals surface area contributed by atoms with Gasteiger partial charge in [0.25, 0.3) is 0 Å². The number of aliphatic hydroxyl groups is 1. The van der Waals surface area contributed by atoms with E-state index < -0.39 is 0 Å². The van der Waals surface area contributed by atoms with Gasteiger partial charge in [-0.15, -0.1) is 0 Å². The third-order valence-corrected chi connectivity index (χ3v) is 2.30. The molecule has 1 aromatic heterocycles. The molecule has 15 heavy (non-hydrogen) atoms. The van der Waals surface area contributed by atoms with Gasteiger partial charge < -0.3 is 14.8 Å². The Labute approximate surface area is 85.9 Å². The average molecular weight is 208 g/mol. The van der Waals surface area contributed by atoms with Gasteiger partial charge in [0.15, 0.2) is 0 Å². The molecule has 80 valence electrons. The molecule has 0 saturated carbocycles. The van der Waals surface area contributed by atoms with Crippen molar-refractivity contribution in [3.63, 3.8) is 0 Å². The summed E-state index contributed by atoms with van der Waals surface area (Å²) < 4.78 is 6.63. The Bertz CT molecular complexity index is 527. The molecule has 0 spiro atoms. The van der Waals surface area contributed by atoms with Crippen molar-refractivity contribution in [3.05, 3.63) is 28.7 Å². The van der Waals surface area contributed by atoms with Crippen LogP contribution in [0.2, 0.25) is 0 Å². The van der Waals surface area contributed by atoms with Crippen molar-refractivity contribution in [2.45, 2.75) is 6.54 Å². The highest BCUT2D eigenvalue weighted by molar-refractivity contribution is 5.81. The maximum Gasteiger partial charge on any atom is 0.326 e. The van der Waals surface area contributed by atoms with Crippen LogP contribution in [-0.4, -0.2) is 28.4 Å². The number of ether oxygens (including phenoxy) is 1. The first-order valence-corrected chi connectivity index (χ1v) is 4.64. The summed E-state index contributed by atoms with van der Waals surface area (Å²) in [4.78, 5) is 14.2. The van der Waals surface area contributed by atoms with Crippen molar-refractivity contribution < 1.29 is 9.84 Å². The first kappa shape index (κ1) is 9.79. The molecular weight excluding hydrogens is 196 g/mol. The molecule has 1 aromatic carbocycles. The van der Waals surface area contributed by atoms with Gasteiger partial charge >= 0.3 is 5.69 Å². The summed E-state index contributed by atoms with van der Waals surface area (Å²) in [7, 11) is 1.55. The molecule has 0 aliphatic heterocycles. The minimum absolute atomic E-state index is 0.0785. The van der Waals surface area contributed by atoms with Crippen molar-refractivity contribution >= 4 is 11.0 Å². The fourth-order valence-electron chi connectivity index (χ4n) is 1.66. The average Bonchev–Trinajstić information content (AvgIpc) is 2.56. The molecule has 0 radical (unpaired) electrons. The molecule has 0 unspecified atom stereocenters. The standard InChI is InChI=1S/C10H12N2O3/c1-15-8-4-2-3-7-9(8)12(5-6-13)10(14)11-7/h2-4,13H,5-6H2,1H3,(H,11,14). The topological polar surface area (TPSA) is 67.2 Å². The molecule has 2 rings (SSSR count). The maximum absolute atomic E-state index is 11.5. The molecule has 0 atom stereocenters. The van der Waals surface area contributed by atoms with Crippen LogP contribution in [0.25, 0.3) is 11.0 Å². The summed E-state index contributed by atoms with van der Waals surface area (Å²) in [5.74, 6) is 0.624. The highest BCUT2D eigenvalue weighted by atomic mass is 16.5. The Morgan fingerprint density at radius 2 is 2.33 bits per heavy atom. The Hall–Kier alpha value is -1.75. The van der Waals surface area contributed by atoms with Crippen molar-refractivity contribution in [1.29, 1.82) is 0 Å². The summed E-state index contributed by atoms with van der Waals surface area (Å²) in [5.41, 5.74) is 1.18. The molecule has 5 heteroatoms. The number of aliphatic hydroxyl groups excluding tert-OH is 1. The van der Waals surface area contributed by atoms with Crippen LogP contribution in [0.5, 0.6) is 5.75 Å². The molecule has 0 bridgehead atoms. The Morgan fingerprint density at radius 1 is 1.53 bits per heavy atom. The number of methoxy groups -OCH3 is 1. The second kappa shape index (κ2) is 3.78. The highest BCUT2D eigenvalue weighted by Gasteiger charge is 2.10. The first-order valence-electron chi connectivity index (χ1n) is 4.64. The molecule has 0 aliphatic rings. The van der Waals surface area contributed by atoms with Crippen LogP contribution in [0.4, 0.5) is 0 Å². The van der Waals surface area contributed by atoms with Crippen molar-refractivity contribution in [1.82, 2.24) is 9.55 Å². The first-order chi connectivity index (χ1) is 7.27. The summed E-state index contributed by atoms with van der Waals surface area (Å²) >= 11 is 0. The number of para-hydroxylation sites is 1. The molecular formula is C10H12N2O3. The van der Waals surface area contributed by atoms with E-state index in [0.717, 1.165) is 0 Å². The number of rotatable bonds is 3. The number of fused-ring (bicyclic) bond motifs is 1. The lowest BCUT2D eigenvalue weighted by Gasteiger charge is -2.04. The van der Waals surface area contributed by atoms with Gasteiger partial charge in [-0.25, -0.2) is 4.79 Å². The zero-order valence-corrected chi connectivity index (χ0v) is 8.36. The van der Waals surface area contributed by atoms with Crippen LogP contribution in [0.15, 0.2) is 23.0 Å². The van der Waals surface area contributed by atoms with E-state index in [1.807, 2.05) is 0 Å². The number of H-pyrrole nitrogens is 1. The van der Waals surface area contributed by atoms with Crippen LogP contribution in [-0.2, 0) is 6.54 Å². The lowest BCUT2D eigenvalue weighted by atomic mass is 10.3. The molecule has 2 N–H and O–H groups in total. The number of nitrogens with zero attached hydrogens (tertiary/aromatic N) is 1. The SMILES string of the molecule is COc1cccc2[nH]c(=O)n(CCO)c12. The quantitative estimate of drug-likeness (QED) is 0.763. The number of benzene rings is 1. The molecule has 1 heterocycles. The Balaban J connectivity index is 2.76. The molecule has 0 aliphatic carbocycles. The van der Waals surface area contributed by atoms with Gasteiger partial charge in [0.05, 0.1) is 25.8 Å². The number of hydrogen-bond acceptors (Lipinski definition) is 3. The molecule has 5 nitrogen and oxygen atoms in total. The minimum Gasteiger partial charge on any atom is -0.494 e. The van der Waals surface area contributed by atoms with Gasteiger partial charge in [-0.1, -0.05) is 6.07 Å². The van der Waals surface area contributed by atoms with Crippen molar-refractivity contribution in [3.8, 4) is 5.75 Å². The van der Waals surface area contributed by atoms with Crippen LogP contribution in [0.3, 0.4) is 0 Å². The molecule has 0 amide bonds. The molecule has 0 fully saturated rings. The van der Waals surface area contributed by atoms with E-state index in [1.165, 1.54) is 4.57 Å². The van der Waals surface area contributed by atoms with Gasteiger partial charge in [0, 0.05) is 0 Å². The summed E-state index contributed by atoms with van der Waals surface area (Å²) in [6.07, 6.45) is 0. The zero-order valence-electron chi connectivity index (χ0n) is 8.36. The second-order valence-corrected chi connectivity index (χ2v) is 3.16. The number of aromatic nitrogens is 2. The third kappa shape index (κ3) is 1.50. The van der Waals surface area contributed by atoms with E-state index in [-0.39, 0.29) is 18.8 Å². The van der Waals surface area contributed by atoms with Crippen molar-refractivity contribution in [2.75, 3.05) is 13.7 Å². The normalized spacial score (nSPS) is 10.8. The summed E-state index contributed by atoms with van der Waals surface area (Å²) in [5, 5.41) is 8.87. The predicted octanol–water partition coefficient (Wildman–Crippen LogP) is 0.330. The lowest BCUT2D eigenvalue weighted by Crippen LogP contribution is -2.18. The van der Waals surface area contributed by atoms with Gasteiger partial charge in [0.1, 0.15) is 11.3 Å². The largest absolute Gasteiger partial charge is 0.494 e. The maximum atomic E-state index is 11.5. The van der Waals surface area contributed by atoms with E-state index >= 15 is 0 Å². The molecule has 0 saturated heterocycles. The minimum atomic E-state index is -0.233. The monoisotopic (exact) mass is 208 g/mol. The van der Waals surface area contributed by atoms with E-state index in [4.69, 9.17) is 9.84 Å².